The molecule has 1 fully saturated rings. The molecule has 2 heterocycles. The highest BCUT2D eigenvalue weighted by Gasteiger charge is 2.30. The van der Waals surface area contributed by atoms with E-state index in [4.69, 9.17) is 10.5 Å². The van der Waals surface area contributed by atoms with Gasteiger partial charge in [0, 0.05) is 31.7 Å². The molecule has 1 aliphatic rings. The number of nitrogens with zero attached hydrogens (tertiary/aromatic N) is 6. The summed E-state index contributed by atoms with van der Waals surface area (Å²) < 4.78 is 2.05. The van der Waals surface area contributed by atoms with Crippen molar-refractivity contribution in [2.24, 2.45) is 0 Å². The molecule has 0 aromatic carbocycles. The molecular weight excluding hydrogens is 280 g/mol. The number of likely N-dealkylation sites (tertiary alicyclic amines) is 1. The third kappa shape index (κ3) is 3.63. The number of carbonyl (C=O) groups is 1. The van der Waals surface area contributed by atoms with Crippen LogP contribution in [0.1, 0.15) is 23.9 Å². The molecule has 0 radical (unpaired) electrons. The Morgan fingerprint density at radius 3 is 2.50 bits per heavy atom. The molecule has 116 valence electrons. The lowest BCUT2D eigenvalue weighted by atomic mass is 10.1. The third-order valence-corrected chi connectivity index (χ3v) is 3.85. The van der Waals surface area contributed by atoms with E-state index >= 15 is 0 Å². The van der Waals surface area contributed by atoms with Crippen molar-refractivity contribution in [1.82, 2.24) is 19.6 Å². The zero-order valence-electron chi connectivity index (χ0n) is 13.0. The number of amides is 1. The molecule has 7 heteroatoms. The topological polar surface area (TPSA) is 89.0 Å². The van der Waals surface area contributed by atoms with Gasteiger partial charge < -0.3 is 4.90 Å². The normalized spacial score (nSPS) is 14.9. The Bertz CT molecular complexity index is 601. The minimum absolute atomic E-state index is 0.0270. The fourth-order valence-electron chi connectivity index (χ4n) is 2.71. The Kier molecular flexibility index (Phi) is 5.13. The lowest BCUT2D eigenvalue weighted by molar-refractivity contribution is -0.130. The van der Waals surface area contributed by atoms with Crippen LogP contribution in [0.4, 0.5) is 0 Å². The van der Waals surface area contributed by atoms with Gasteiger partial charge in [0.05, 0.1) is 23.9 Å². The fourth-order valence-corrected chi connectivity index (χ4v) is 2.71. The molecule has 0 aliphatic carbocycles. The van der Waals surface area contributed by atoms with E-state index < -0.39 is 0 Å². The number of carbonyl (C=O) groups excluding carboxylic acids is 1. The van der Waals surface area contributed by atoms with Crippen molar-refractivity contribution in [1.29, 1.82) is 10.5 Å². The van der Waals surface area contributed by atoms with Crippen LogP contribution in [0.25, 0.3) is 0 Å². The van der Waals surface area contributed by atoms with Crippen molar-refractivity contribution in [3.8, 4) is 12.1 Å². The average molecular weight is 300 g/mol. The summed E-state index contributed by atoms with van der Waals surface area (Å²) in [6.07, 6.45) is 0.340. The lowest BCUT2D eigenvalue weighted by Crippen LogP contribution is -2.49. The first-order chi connectivity index (χ1) is 10.5. The Balaban J connectivity index is 1.76. The van der Waals surface area contributed by atoms with Crippen molar-refractivity contribution >= 4 is 5.91 Å². The number of nitriles is 2. The van der Waals surface area contributed by atoms with Crippen molar-refractivity contribution in [3.63, 3.8) is 0 Å². The van der Waals surface area contributed by atoms with Crippen LogP contribution in [0.2, 0.25) is 0 Å². The second-order valence-electron chi connectivity index (χ2n) is 5.60. The van der Waals surface area contributed by atoms with E-state index in [1.54, 1.807) is 0 Å². The summed E-state index contributed by atoms with van der Waals surface area (Å²) in [6, 6.07) is 6.27. The molecule has 0 unspecified atom stereocenters. The first-order valence-corrected chi connectivity index (χ1v) is 7.32. The molecule has 1 amide bonds. The van der Waals surface area contributed by atoms with Gasteiger partial charge in [0.2, 0.25) is 5.91 Å². The smallest absolute Gasteiger partial charge is 0.225 e. The zero-order chi connectivity index (χ0) is 16.1. The van der Waals surface area contributed by atoms with Crippen LogP contribution in [0, 0.1) is 36.5 Å². The zero-order valence-corrected chi connectivity index (χ0v) is 13.0. The molecule has 2 rings (SSSR count). The van der Waals surface area contributed by atoms with Crippen molar-refractivity contribution in [2.45, 2.75) is 26.3 Å². The molecule has 0 bridgehead atoms. The fraction of sp³-hybridized carbons (Fsp3) is 0.600. The van der Waals surface area contributed by atoms with Gasteiger partial charge in [0.15, 0.2) is 0 Å². The van der Waals surface area contributed by atoms with E-state index in [9.17, 15) is 4.79 Å². The molecular formula is C15H20N6O. The van der Waals surface area contributed by atoms with Crippen LogP contribution in [0.3, 0.4) is 0 Å². The second-order valence-corrected chi connectivity index (χ2v) is 5.60. The Hall–Kier alpha value is -2.38. The first kappa shape index (κ1) is 16.0. The maximum absolute atomic E-state index is 12.0. The van der Waals surface area contributed by atoms with Gasteiger partial charge in [-0.05, 0) is 19.9 Å². The van der Waals surface area contributed by atoms with Crippen LogP contribution < -0.4 is 0 Å². The largest absolute Gasteiger partial charge is 0.316 e. The van der Waals surface area contributed by atoms with Crippen LogP contribution in [-0.2, 0) is 4.79 Å². The van der Waals surface area contributed by atoms with Crippen molar-refractivity contribution in [3.05, 3.63) is 17.5 Å². The van der Waals surface area contributed by atoms with Crippen LogP contribution in [-0.4, -0.2) is 58.2 Å². The van der Waals surface area contributed by atoms with E-state index in [-0.39, 0.29) is 19.0 Å². The monoisotopic (exact) mass is 300 g/mol. The molecule has 0 atom stereocenters. The Morgan fingerprint density at radius 1 is 1.36 bits per heavy atom. The number of rotatable bonds is 6. The summed E-state index contributed by atoms with van der Waals surface area (Å²) in [7, 11) is 0. The number of hydrogen-bond donors (Lipinski definition) is 0. The summed E-state index contributed by atoms with van der Waals surface area (Å²) in [6.45, 7) is 6.40. The summed E-state index contributed by atoms with van der Waals surface area (Å²) >= 11 is 0. The minimum atomic E-state index is -0.141. The van der Waals surface area contributed by atoms with E-state index in [1.165, 1.54) is 4.90 Å². The van der Waals surface area contributed by atoms with E-state index in [0.717, 1.165) is 24.5 Å². The molecule has 0 N–H and O–H groups in total. The molecule has 0 spiro atoms. The van der Waals surface area contributed by atoms with Crippen LogP contribution in [0.15, 0.2) is 6.07 Å². The molecule has 1 aromatic rings. The highest BCUT2D eigenvalue weighted by molar-refractivity contribution is 5.76. The Labute approximate surface area is 130 Å². The van der Waals surface area contributed by atoms with Gasteiger partial charge in [-0.15, -0.1) is 0 Å². The van der Waals surface area contributed by atoms with Crippen LogP contribution >= 0.6 is 0 Å². The van der Waals surface area contributed by atoms with E-state index in [1.807, 2.05) is 30.7 Å². The predicted molar refractivity (Wildman–Crippen MR) is 79.6 cm³/mol. The summed E-state index contributed by atoms with van der Waals surface area (Å²) in [4.78, 5) is 15.4. The molecule has 7 nitrogen and oxygen atoms in total. The summed E-state index contributed by atoms with van der Waals surface area (Å²) in [5.41, 5.74) is 2.18. The van der Waals surface area contributed by atoms with Gasteiger partial charge in [-0.3, -0.25) is 14.4 Å². The van der Waals surface area contributed by atoms with Crippen molar-refractivity contribution < 1.29 is 4.79 Å². The maximum atomic E-state index is 12.0. The second kappa shape index (κ2) is 7.06. The predicted octanol–water partition coefficient (Wildman–Crippen LogP) is 0.623. The molecule has 22 heavy (non-hydrogen) atoms. The van der Waals surface area contributed by atoms with Gasteiger partial charge in [-0.1, -0.05) is 0 Å². The van der Waals surface area contributed by atoms with Gasteiger partial charge >= 0.3 is 0 Å². The molecule has 1 aromatic heterocycles. The first-order valence-electron chi connectivity index (χ1n) is 7.32. The quantitative estimate of drug-likeness (QED) is 0.719. The van der Waals surface area contributed by atoms with E-state index in [0.29, 0.717) is 19.0 Å². The summed E-state index contributed by atoms with van der Waals surface area (Å²) in [5.74, 6) is -0.141. The maximum Gasteiger partial charge on any atom is 0.225 e. The minimum Gasteiger partial charge on any atom is -0.316 e. The summed E-state index contributed by atoms with van der Waals surface area (Å²) in [5, 5.41) is 21.8. The van der Waals surface area contributed by atoms with Gasteiger partial charge in [0.25, 0.3) is 0 Å². The van der Waals surface area contributed by atoms with Crippen LogP contribution in [0.5, 0.6) is 0 Å². The highest BCUT2D eigenvalue weighted by atomic mass is 16.2. The van der Waals surface area contributed by atoms with E-state index in [2.05, 4.69) is 16.1 Å². The number of aromatic nitrogens is 2. The SMILES string of the molecule is Cc1cc(C)n(C2CN(CCC(=O)N(CC#N)CC#N)C2)n1. The van der Waals surface area contributed by atoms with Gasteiger partial charge in [-0.2, -0.15) is 15.6 Å². The highest BCUT2D eigenvalue weighted by Crippen LogP contribution is 2.22. The van der Waals surface area contributed by atoms with Crippen molar-refractivity contribution in [2.75, 3.05) is 32.7 Å². The Morgan fingerprint density at radius 2 is 2.00 bits per heavy atom. The standard InChI is InChI=1S/C15H20N6O/c1-12-9-13(2)21(18-12)14-10-19(11-14)6-3-15(22)20(7-4-16)8-5-17/h9,14H,3,6-8,10-11H2,1-2H3. The average Bonchev–Trinajstić information content (AvgIpc) is 2.75. The lowest BCUT2D eigenvalue weighted by Gasteiger charge is -2.39. The third-order valence-electron chi connectivity index (χ3n) is 3.85. The van der Waals surface area contributed by atoms with Gasteiger partial charge in [0.1, 0.15) is 13.1 Å². The molecule has 1 aliphatic heterocycles. The molecule has 1 saturated heterocycles. The number of aryl methyl sites for hydroxylation is 2. The van der Waals surface area contributed by atoms with Gasteiger partial charge in [-0.25, -0.2) is 0 Å². The number of hydrogen-bond acceptors (Lipinski definition) is 5. The molecule has 0 saturated carbocycles.